The highest BCUT2D eigenvalue weighted by atomic mass is 79.9. The van der Waals surface area contributed by atoms with Gasteiger partial charge in [0.1, 0.15) is 11.6 Å². The minimum absolute atomic E-state index is 0.225. The third-order valence-corrected chi connectivity index (χ3v) is 4.31. The van der Waals surface area contributed by atoms with Crippen LogP contribution in [0.2, 0.25) is 0 Å². The van der Waals surface area contributed by atoms with Gasteiger partial charge < -0.3 is 4.42 Å². The lowest BCUT2D eigenvalue weighted by atomic mass is 10.2. The summed E-state index contributed by atoms with van der Waals surface area (Å²) in [6.07, 6.45) is 1.87. The Morgan fingerprint density at radius 1 is 1.22 bits per heavy atom. The second kappa shape index (κ2) is 6.59. The summed E-state index contributed by atoms with van der Waals surface area (Å²) >= 11 is 4.79. The number of carbonyl (C=O) groups is 1. The van der Waals surface area contributed by atoms with Crippen molar-refractivity contribution in [3.8, 4) is 11.3 Å². The van der Waals surface area contributed by atoms with Crippen LogP contribution in [0.5, 0.6) is 0 Å². The molecule has 0 aliphatic rings. The third kappa shape index (κ3) is 3.32. The summed E-state index contributed by atoms with van der Waals surface area (Å²) in [5, 5.41) is 8.51. The Balaban J connectivity index is 1.81. The van der Waals surface area contributed by atoms with Crippen LogP contribution >= 0.6 is 27.7 Å². The largest absolute Gasteiger partial charge is 0.451 e. The van der Waals surface area contributed by atoms with Gasteiger partial charge in [0.15, 0.2) is 5.76 Å². The molecule has 0 atom stereocenters. The Morgan fingerprint density at radius 2 is 1.96 bits per heavy atom. The van der Waals surface area contributed by atoms with Gasteiger partial charge in [0.2, 0.25) is 5.16 Å². The van der Waals surface area contributed by atoms with Crippen molar-refractivity contribution in [1.29, 1.82) is 0 Å². The molecule has 1 amide bonds. The molecule has 0 bridgehead atoms. The minimum Gasteiger partial charge on any atom is -0.451 e. The van der Waals surface area contributed by atoms with Crippen molar-refractivity contribution < 1.29 is 9.21 Å². The highest BCUT2D eigenvalue weighted by Crippen LogP contribution is 2.24. The van der Waals surface area contributed by atoms with E-state index in [1.807, 2.05) is 30.5 Å². The number of aromatic nitrogens is 3. The van der Waals surface area contributed by atoms with Gasteiger partial charge in [-0.1, -0.05) is 39.8 Å². The summed E-state index contributed by atoms with van der Waals surface area (Å²) in [7, 11) is 0. The van der Waals surface area contributed by atoms with E-state index in [4.69, 9.17) is 4.42 Å². The van der Waals surface area contributed by atoms with Crippen LogP contribution in [-0.4, -0.2) is 27.0 Å². The maximum Gasteiger partial charge on any atom is 0.305 e. The number of nitrogens with one attached hydrogen (secondary N) is 1. The molecule has 0 radical (unpaired) electrons. The second-order valence-electron chi connectivity index (χ2n) is 4.68. The van der Waals surface area contributed by atoms with Crippen molar-refractivity contribution in [3.63, 3.8) is 0 Å². The number of halogens is 1. The molecule has 0 spiro atoms. The van der Waals surface area contributed by atoms with Crippen LogP contribution in [0.1, 0.15) is 16.4 Å². The fraction of sp³-hybridized carbons (Fsp3) is 0.133. The summed E-state index contributed by atoms with van der Waals surface area (Å²) in [6.45, 7) is 1.77. The number of nitrogens with zero attached hydrogens (tertiary/aromatic N) is 3. The van der Waals surface area contributed by atoms with Crippen molar-refractivity contribution in [2.75, 3.05) is 11.7 Å². The molecule has 3 aromatic rings. The first kappa shape index (κ1) is 15.8. The molecule has 0 fully saturated rings. The summed E-state index contributed by atoms with van der Waals surface area (Å²) in [5.74, 6) is 1.10. The zero-order valence-electron chi connectivity index (χ0n) is 12.4. The lowest BCUT2D eigenvalue weighted by Gasteiger charge is -2.07. The molecule has 118 valence electrons. The molecule has 0 unspecified atom stereocenters. The predicted octanol–water partition coefficient (Wildman–Crippen LogP) is 3.71. The van der Waals surface area contributed by atoms with Crippen molar-refractivity contribution in [1.82, 2.24) is 14.9 Å². The first-order chi connectivity index (χ1) is 11.1. The standard InChI is InChI=1S/C15H13BrN4O2S/c1-9-17-18-15(23-2)20(9)19-14(21)13-8-7-12(22-13)10-3-5-11(16)6-4-10/h3-8H,1-2H3,(H,19,21). The van der Waals surface area contributed by atoms with Crippen molar-refractivity contribution in [2.45, 2.75) is 12.1 Å². The van der Waals surface area contributed by atoms with Crippen LogP contribution < -0.4 is 5.43 Å². The fourth-order valence-corrected chi connectivity index (χ4v) is 2.74. The van der Waals surface area contributed by atoms with E-state index in [9.17, 15) is 4.79 Å². The van der Waals surface area contributed by atoms with E-state index in [0.717, 1.165) is 10.0 Å². The Bertz CT molecular complexity index is 842. The second-order valence-corrected chi connectivity index (χ2v) is 6.37. The lowest BCUT2D eigenvalue weighted by molar-refractivity contribution is 0.0980. The molecule has 1 aromatic carbocycles. The lowest BCUT2D eigenvalue weighted by Crippen LogP contribution is -2.24. The monoisotopic (exact) mass is 392 g/mol. The van der Waals surface area contributed by atoms with E-state index in [1.165, 1.54) is 16.4 Å². The molecule has 2 aromatic heterocycles. The summed E-state index contributed by atoms with van der Waals surface area (Å²) in [6, 6.07) is 11.1. The van der Waals surface area contributed by atoms with Gasteiger partial charge in [-0.05, 0) is 37.4 Å². The number of amides is 1. The SMILES string of the molecule is CSc1nnc(C)n1NC(=O)c1ccc(-c2ccc(Br)cc2)o1. The number of carbonyl (C=O) groups excluding carboxylic acids is 1. The molecule has 0 saturated heterocycles. The molecular weight excluding hydrogens is 380 g/mol. The molecule has 0 aliphatic heterocycles. The Labute approximate surface area is 145 Å². The number of hydrogen-bond donors (Lipinski definition) is 1. The zero-order valence-corrected chi connectivity index (χ0v) is 14.8. The minimum atomic E-state index is -0.355. The van der Waals surface area contributed by atoms with Crippen LogP contribution in [0, 0.1) is 6.92 Å². The van der Waals surface area contributed by atoms with Gasteiger partial charge in [-0.25, -0.2) is 4.68 Å². The first-order valence-electron chi connectivity index (χ1n) is 6.71. The predicted molar refractivity (Wildman–Crippen MR) is 92.1 cm³/mol. The molecule has 0 aliphatic carbocycles. The van der Waals surface area contributed by atoms with Crippen molar-refractivity contribution >= 4 is 33.6 Å². The van der Waals surface area contributed by atoms with Crippen molar-refractivity contribution in [3.05, 3.63) is 52.5 Å². The maximum atomic E-state index is 12.3. The molecule has 3 rings (SSSR count). The highest BCUT2D eigenvalue weighted by Gasteiger charge is 2.16. The quantitative estimate of drug-likeness (QED) is 0.684. The van der Waals surface area contributed by atoms with Gasteiger partial charge in [-0.2, -0.15) is 0 Å². The zero-order chi connectivity index (χ0) is 16.4. The van der Waals surface area contributed by atoms with Crippen LogP contribution in [0.15, 0.2) is 50.4 Å². The Hall–Kier alpha value is -2.06. The molecule has 0 saturated carbocycles. The van der Waals surface area contributed by atoms with Gasteiger partial charge in [0, 0.05) is 10.0 Å². The molecular formula is C15H13BrN4O2S. The van der Waals surface area contributed by atoms with E-state index < -0.39 is 0 Å². The van der Waals surface area contributed by atoms with E-state index >= 15 is 0 Å². The number of aryl methyl sites for hydroxylation is 1. The summed E-state index contributed by atoms with van der Waals surface area (Å²) < 4.78 is 8.17. The van der Waals surface area contributed by atoms with Crippen molar-refractivity contribution in [2.24, 2.45) is 0 Å². The van der Waals surface area contributed by atoms with Crippen LogP contribution in [0.4, 0.5) is 0 Å². The fourth-order valence-electron chi connectivity index (χ4n) is 1.99. The number of rotatable bonds is 4. The highest BCUT2D eigenvalue weighted by molar-refractivity contribution is 9.10. The number of thioether (sulfide) groups is 1. The molecule has 23 heavy (non-hydrogen) atoms. The van der Waals surface area contributed by atoms with Crippen LogP contribution in [0.25, 0.3) is 11.3 Å². The number of benzene rings is 1. The van der Waals surface area contributed by atoms with Gasteiger partial charge in [0.25, 0.3) is 0 Å². The average molecular weight is 393 g/mol. The van der Waals surface area contributed by atoms with Crippen LogP contribution in [-0.2, 0) is 0 Å². The molecule has 6 nitrogen and oxygen atoms in total. The van der Waals surface area contributed by atoms with Crippen LogP contribution in [0.3, 0.4) is 0 Å². The van der Waals surface area contributed by atoms with E-state index in [-0.39, 0.29) is 11.7 Å². The molecule has 2 heterocycles. The smallest absolute Gasteiger partial charge is 0.305 e. The number of hydrogen-bond acceptors (Lipinski definition) is 5. The maximum absolute atomic E-state index is 12.3. The van der Waals surface area contributed by atoms with E-state index in [0.29, 0.717) is 16.7 Å². The Morgan fingerprint density at radius 3 is 2.65 bits per heavy atom. The van der Waals surface area contributed by atoms with Gasteiger partial charge in [-0.15, -0.1) is 10.2 Å². The van der Waals surface area contributed by atoms with Gasteiger partial charge >= 0.3 is 5.91 Å². The van der Waals surface area contributed by atoms with Gasteiger partial charge in [-0.3, -0.25) is 10.2 Å². The molecule has 8 heteroatoms. The summed E-state index contributed by atoms with van der Waals surface area (Å²) in [5.41, 5.74) is 3.63. The van der Waals surface area contributed by atoms with Gasteiger partial charge in [0.05, 0.1) is 0 Å². The Kier molecular flexibility index (Phi) is 4.53. The number of furan rings is 1. The first-order valence-corrected chi connectivity index (χ1v) is 8.73. The molecule has 1 N–H and O–H groups in total. The third-order valence-electron chi connectivity index (χ3n) is 3.15. The normalized spacial score (nSPS) is 10.7. The summed E-state index contributed by atoms with van der Waals surface area (Å²) in [4.78, 5) is 12.3. The van der Waals surface area contributed by atoms with E-state index in [2.05, 4.69) is 31.6 Å². The topological polar surface area (TPSA) is 73.0 Å². The average Bonchev–Trinajstić information content (AvgIpc) is 3.16. The van der Waals surface area contributed by atoms with E-state index in [1.54, 1.807) is 19.1 Å².